The number of aliphatic hydroxyl groups excluding tert-OH is 1. The van der Waals surface area contributed by atoms with Gasteiger partial charge in [-0.05, 0) is 54.3 Å². The lowest BCUT2D eigenvalue weighted by Crippen LogP contribution is -2.43. The van der Waals surface area contributed by atoms with Crippen molar-refractivity contribution in [3.05, 3.63) is 0 Å². The van der Waals surface area contributed by atoms with E-state index < -0.39 is 6.10 Å². The molecule has 0 heterocycles. The molecule has 0 aromatic carbocycles. The minimum Gasteiger partial charge on any atom is -0.392 e. The molecule has 2 amide bonds. The van der Waals surface area contributed by atoms with E-state index in [1.54, 1.807) is 6.92 Å². The molecule has 0 aromatic heterocycles. The zero-order chi connectivity index (χ0) is 24.1. The van der Waals surface area contributed by atoms with Crippen molar-refractivity contribution in [2.24, 2.45) is 39.2 Å². The maximum Gasteiger partial charge on any atom is 0.223 e. The standard InChI is InChI=1S/C25H50N2O3/c1-17(28)16-27-21(30)19(23(5,6)7)15-24(8,9)12-13-25(10,11)18(20(26)29)14-22(2,3)4/h17-19,28H,12-16H2,1-11H3,(H2,26,29)(H,27,30). The number of carbonyl (C=O) groups excluding carboxylic acids is 2. The third kappa shape index (κ3) is 10.8. The second-order valence-electron chi connectivity index (χ2n) is 13.1. The van der Waals surface area contributed by atoms with E-state index in [-0.39, 0.29) is 51.9 Å². The molecule has 0 fully saturated rings. The maximum atomic E-state index is 12.8. The molecule has 0 aliphatic heterocycles. The molecule has 3 atom stereocenters. The molecule has 3 unspecified atom stereocenters. The Morgan fingerprint density at radius 3 is 1.73 bits per heavy atom. The van der Waals surface area contributed by atoms with Crippen molar-refractivity contribution >= 4 is 11.8 Å². The molecule has 0 rings (SSSR count). The van der Waals surface area contributed by atoms with Crippen LogP contribution < -0.4 is 11.1 Å². The quantitative estimate of drug-likeness (QED) is 0.438. The lowest BCUT2D eigenvalue weighted by molar-refractivity contribution is -0.130. The highest BCUT2D eigenvalue weighted by Crippen LogP contribution is 2.44. The van der Waals surface area contributed by atoms with Gasteiger partial charge in [-0.1, -0.05) is 69.2 Å². The molecule has 178 valence electrons. The highest BCUT2D eigenvalue weighted by atomic mass is 16.3. The molecule has 0 saturated carbocycles. The van der Waals surface area contributed by atoms with Crippen LogP contribution in [0.4, 0.5) is 0 Å². The Hall–Kier alpha value is -1.10. The van der Waals surface area contributed by atoms with Crippen LogP contribution in [0.15, 0.2) is 0 Å². The summed E-state index contributed by atoms with van der Waals surface area (Å²) in [7, 11) is 0. The molecule has 5 nitrogen and oxygen atoms in total. The summed E-state index contributed by atoms with van der Waals surface area (Å²) in [6.45, 7) is 23.3. The molecule has 0 spiro atoms. The van der Waals surface area contributed by atoms with Crippen LogP contribution in [0, 0.1) is 33.5 Å². The van der Waals surface area contributed by atoms with E-state index in [2.05, 4.69) is 74.6 Å². The Morgan fingerprint density at radius 2 is 1.37 bits per heavy atom. The fourth-order valence-electron chi connectivity index (χ4n) is 4.03. The van der Waals surface area contributed by atoms with Crippen LogP contribution in [0.2, 0.25) is 0 Å². The van der Waals surface area contributed by atoms with Crippen molar-refractivity contribution in [3.8, 4) is 0 Å². The maximum absolute atomic E-state index is 12.8. The zero-order valence-corrected chi connectivity index (χ0v) is 21.6. The van der Waals surface area contributed by atoms with Crippen molar-refractivity contribution in [3.63, 3.8) is 0 Å². The number of rotatable bonds is 11. The van der Waals surface area contributed by atoms with Gasteiger partial charge in [0.1, 0.15) is 0 Å². The van der Waals surface area contributed by atoms with E-state index in [4.69, 9.17) is 5.73 Å². The van der Waals surface area contributed by atoms with Gasteiger partial charge in [0, 0.05) is 18.4 Å². The highest BCUT2D eigenvalue weighted by Gasteiger charge is 2.40. The Bertz CT molecular complexity index is 566. The number of aliphatic hydroxyl groups is 1. The van der Waals surface area contributed by atoms with Crippen molar-refractivity contribution in [1.82, 2.24) is 5.32 Å². The van der Waals surface area contributed by atoms with E-state index >= 15 is 0 Å². The predicted octanol–water partition coefficient (Wildman–Crippen LogP) is 4.91. The van der Waals surface area contributed by atoms with Crippen molar-refractivity contribution in [2.45, 2.75) is 108 Å². The summed E-state index contributed by atoms with van der Waals surface area (Å²) in [6.07, 6.45) is 2.73. The van der Waals surface area contributed by atoms with Crippen molar-refractivity contribution in [2.75, 3.05) is 6.54 Å². The third-order valence-corrected chi connectivity index (χ3v) is 6.24. The van der Waals surface area contributed by atoms with E-state index in [9.17, 15) is 14.7 Å². The lowest BCUT2D eigenvalue weighted by Gasteiger charge is -2.40. The smallest absolute Gasteiger partial charge is 0.223 e. The first-order valence-electron chi connectivity index (χ1n) is 11.4. The number of primary amides is 1. The van der Waals surface area contributed by atoms with Gasteiger partial charge < -0.3 is 16.2 Å². The first-order chi connectivity index (χ1) is 13.2. The minimum absolute atomic E-state index is 0.00141. The highest BCUT2D eigenvalue weighted by molar-refractivity contribution is 5.79. The van der Waals surface area contributed by atoms with Crippen LogP contribution >= 0.6 is 0 Å². The Morgan fingerprint density at radius 1 is 0.867 bits per heavy atom. The predicted molar refractivity (Wildman–Crippen MR) is 126 cm³/mol. The van der Waals surface area contributed by atoms with Crippen LogP contribution in [0.1, 0.15) is 102 Å². The third-order valence-electron chi connectivity index (χ3n) is 6.24. The lowest BCUT2D eigenvalue weighted by atomic mass is 9.64. The number of nitrogens with one attached hydrogen (secondary N) is 1. The van der Waals surface area contributed by atoms with Crippen LogP contribution in [0.5, 0.6) is 0 Å². The number of carbonyl (C=O) groups is 2. The molecule has 0 radical (unpaired) electrons. The summed E-state index contributed by atoms with van der Waals surface area (Å²) in [4.78, 5) is 25.1. The largest absolute Gasteiger partial charge is 0.392 e. The molecule has 0 aliphatic carbocycles. The molecular weight excluding hydrogens is 376 g/mol. The van der Waals surface area contributed by atoms with E-state index in [0.29, 0.717) is 0 Å². The van der Waals surface area contributed by atoms with Crippen molar-refractivity contribution in [1.29, 1.82) is 0 Å². The van der Waals surface area contributed by atoms with Crippen LogP contribution in [0.25, 0.3) is 0 Å². The molecule has 0 aliphatic rings. The number of hydrogen-bond acceptors (Lipinski definition) is 3. The topological polar surface area (TPSA) is 92.4 Å². The molecule has 4 N–H and O–H groups in total. The zero-order valence-electron chi connectivity index (χ0n) is 21.6. The van der Waals surface area contributed by atoms with Crippen LogP contribution in [-0.4, -0.2) is 29.6 Å². The molecule has 0 bridgehead atoms. The average molecular weight is 427 g/mol. The Balaban J connectivity index is 5.33. The number of nitrogens with two attached hydrogens (primary N) is 1. The molecule has 5 heteroatoms. The summed E-state index contributed by atoms with van der Waals surface area (Å²) in [5.74, 6) is -0.562. The molecule has 0 saturated heterocycles. The van der Waals surface area contributed by atoms with Gasteiger partial charge in [-0.3, -0.25) is 9.59 Å². The SMILES string of the molecule is CC(O)CNC(=O)C(CC(C)(C)CCC(C)(C)C(CC(C)(C)C)C(N)=O)C(C)(C)C. The second kappa shape index (κ2) is 10.5. The molecule has 0 aromatic rings. The summed E-state index contributed by atoms with van der Waals surface area (Å²) in [5.41, 5.74) is 5.37. The number of hydrogen-bond donors (Lipinski definition) is 3. The summed E-state index contributed by atoms with van der Waals surface area (Å²) >= 11 is 0. The average Bonchev–Trinajstić information content (AvgIpc) is 2.52. The summed E-state index contributed by atoms with van der Waals surface area (Å²) < 4.78 is 0. The monoisotopic (exact) mass is 426 g/mol. The number of amides is 2. The van der Waals surface area contributed by atoms with E-state index in [1.807, 2.05) is 0 Å². The Kier molecular flexibility index (Phi) is 10.1. The fraction of sp³-hybridized carbons (Fsp3) is 0.920. The van der Waals surface area contributed by atoms with E-state index in [0.717, 1.165) is 25.7 Å². The van der Waals surface area contributed by atoms with Crippen molar-refractivity contribution < 1.29 is 14.7 Å². The van der Waals surface area contributed by atoms with Gasteiger partial charge in [0.2, 0.25) is 11.8 Å². The Labute approximate surface area is 186 Å². The van der Waals surface area contributed by atoms with Gasteiger partial charge in [-0.15, -0.1) is 0 Å². The first-order valence-corrected chi connectivity index (χ1v) is 11.4. The fourth-order valence-corrected chi connectivity index (χ4v) is 4.03. The van der Waals surface area contributed by atoms with Crippen LogP contribution in [0.3, 0.4) is 0 Å². The van der Waals surface area contributed by atoms with Gasteiger partial charge in [0.05, 0.1) is 6.10 Å². The molecular formula is C25H50N2O3. The van der Waals surface area contributed by atoms with Gasteiger partial charge in [-0.2, -0.15) is 0 Å². The minimum atomic E-state index is -0.558. The van der Waals surface area contributed by atoms with Gasteiger partial charge in [-0.25, -0.2) is 0 Å². The summed E-state index contributed by atoms with van der Waals surface area (Å²) in [5, 5.41) is 12.4. The van der Waals surface area contributed by atoms with Gasteiger partial charge in [0.25, 0.3) is 0 Å². The van der Waals surface area contributed by atoms with Gasteiger partial charge >= 0.3 is 0 Å². The first kappa shape index (κ1) is 28.9. The summed E-state index contributed by atoms with van der Waals surface area (Å²) in [6, 6.07) is 0. The molecule has 30 heavy (non-hydrogen) atoms. The van der Waals surface area contributed by atoms with Crippen LogP contribution in [-0.2, 0) is 9.59 Å². The van der Waals surface area contributed by atoms with Gasteiger partial charge in [0.15, 0.2) is 0 Å². The normalized spacial score (nSPS) is 16.7. The second-order valence-corrected chi connectivity index (χ2v) is 13.1. The van der Waals surface area contributed by atoms with E-state index in [1.165, 1.54) is 0 Å².